The van der Waals surface area contributed by atoms with E-state index in [1.54, 1.807) is 25.4 Å². The Labute approximate surface area is 190 Å². The predicted octanol–water partition coefficient (Wildman–Crippen LogP) is 5.51. The van der Waals surface area contributed by atoms with Crippen molar-refractivity contribution < 1.29 is 19.0 Å². The van der Waals surface area contributed by atoms with Gasteiger partial charge in [-0.1, -0.05) is 31.7 Å². The summed E-state index contributed by atoms with van der Waals surface area (Å²) < 4.78 is 24.2. The maximum absolute atomic E-state index is 13.0. The number of ether oxygens (including phenoxy) is 2. The van der Waals surface area contributed by atoms with Gasteiger partial charge >= 0.3 is 0 Å². The molecule has 2 saturated carbocycles. The van der Waals surface area contributed by atoms with Crippen LogP contribution in [0.3, 0.4) is 0 Å². The highest BCUT2D eigenvalue weighted by atomic mass is 19.1. The molecule has 0 radical (unpaired) electrons. The van der Waals surface area contributed by atoms with E-state index in [4.69, 9.17) is 9.47 Å². The van der Waals surface area contributed by atoms with Gasteiger partial charge in [0.1, 0.15) is 5.82 Å². The molecule has 1 aromatic carbocycles. The van der Waals surface area contributed by atoms with Crippen molar-refractivity contribution in [2.24, 2.45) is 17.3 Å². The number of benzene rings is 1. The minimum absolute atomic E-state index is 0.0475. The van der Waals surface area contributed by atoms with E-state index in [1.165, 1.54) is 37.8 Å². The second-order valence-corrected chi connectivity index (χ2v) is 9.73. The Bertz CT molecular complexity index is 927. The Kier molecular flexibility index (Phi) is 6.80. The van der Waals surface area contributed by atoms with Crippen LogP contribution in [0, 0.1) is 23.1 Å². The summed E-state index contributed by atoms with van der Waals surface area (Å²) in [5.41, 5.74) is 2.75. The molecule has 0 bridgehead atoms. The van der Waals surface area contributed by atoms with E-state index in [2.05, 4.69) is 18.5 Å². The normalized spacial score (nSPS) is 33.1. The van der Waals surface area contributed by atoms with Crippen molar-refractivity contribution in [3.05, 3.63) is 60.7 Å². The maximum atomic E-state index is 13.0. The standard InChI is InChI=1S/C14H24O3.C13H10FN/c1-13(8-15)11-5-6-14(9-17-14)7-10(11)3-4-12(13)16-2;1-2-13-7-6-11(9-15-13)10-4-3-5-12(14)8-10/h10-12,15H,3-9H2,1-2H3;2-9H,1H2/t10?,11?,12-,13+,14?;/m1./s1. The van der Waals surface area contributed by atoms with Gasteiger partial charge in [0, 0.05) is 24.3 Å². The zero-order chi connectivity index (χ0) is 22.8. The van der Waals surface area contributed by atoms with Crippen LogP contribution in [0.1, 0.15) is 44.7 Å². The number of methoxy groups -OCH3 is 1. The second-order valence-electron chi connectivity index (χ2n) is 9.73. The van der Waals surface area contributed by atoms with Crippen LogP contribution in [-0.2, 0) is 9.47 Å². The van der Waals surface area contributed by atoms with Crippen LogP contribution in [0.5, 0.6) is 0 Å². The second kappa shape index (κ2) is 9.42. The first-order valence-corrected chi connectivity index (χ1v) is 11.5. The van der Waals surface area contributed by atoms with Crippen molar-refractivity contribution in [3.8, 4) is 11.1 Å². The molecule has 2 heterocycles. The highest BCUT2D eigenvalue weighted by Gasteiger charge is 2.57. The number of halogens is 1. The number of rotatable bonds is 4. The smallest absolute Gasteiger partial charge is 0.123 e. The number of pyridine rings is 1. The van der Waals surface area contributed by atoms with Crippen LogP contribution >= 0.6 is 0 Å². The van der Waals surface area contributed by atoms with Crippen LogP contribution in [0.2, 0.25) is 0 Å². The van der Waals surface area contributed by atoms with Crippen molar-refractivity contribution >= 4 is 6.08 Å². The minimum atomic E-state index is -0.236. The van der Waals surface area contributed by atoms with E-state index in [-0.39, 0.29) is 29.5 Å². The van der Waals surface area contributed by atoms with Crippen LogP contribution in [-0.4, -0.2) is 42.1 Å². The number of fused-ring (bicyclic) bond motifs is 1. The third-order valence-electron chi connectivity index (χ3n) is 7.83. The molecule has 5 heteroatoms. The molecule has 1 saturated heterocycles. The van der Waals surface area contributed by atoms with Crippen molar-refractivity contribution in [2.75, 3.05) is 20.3 Å². The average molecular weight is 440 g/mol. The van der Waals surface area contributed by atoms with Gasteiger partial charge in [-0.15, -0.1) is 0 Å². The van der Waals surface area contributed by atoms with Gasteiger partial charge in [-0.3, -0.25) is 4.98 Å². The summed E-state index contributed by atoms with van der Waals surface area (Å²) in [5, 5.41) is 9.83. The summed E-state index contributed by atoms with van der Waals surface area (Å²) in [6, 6.07) is 10.2. The van der Waals surface area contributed by atoms with Gasteiger partial charge in [0.2, 0.25) is 0 Å². The first kappa shape index (κ1) is 23.1. The molecule has 32 heavy (non-hydrogen) atoms. The third-order valence-corrected chi connectivity index (χ3v) is 7.83. The monoisotopic (exact) mass is 439 g/mol. The zero-order valence-electron chi connectivity index (χ0n) is 19.1. The molecule has 1 spiro atoms. The van der Waals surface area contributed by atoms with E-state index in [0.717, 1.165) is 35.8 Å². The Morgan fingerprint density at radius 1 is 1.25 bits per heavy atom. The number of epoxide rings is 1. The van der Waals surface area contributed by atoms with Crippen molar-refractivity contribution in [2.45, 2.75) is 50.7 Å². The van der Waals surface area contributed by atoms with Gasteiger partial charge in [-0.05, 0) is 73.8 Å². The maximum Gasteiger partial charge on any atom is 0.123 e. The number of nitrogens with zero attached hydrogens (tertiary/aromatic N) is 1. The number of aliphatic hydroxyl groups is 1. The predicted molar refractivity (Wildman–Crippen MR) is 124 cm³/mol. The number of hydrogen-bond acceptors (Lipinski definition) is 4. The largest absolute Gasteiger partial charge is 0.396 e. The van der Waals surface area contributed by atoms with Gasteiger partial charge < -0.3 is 14.6 Å². The molecule has 3 fully saturated rings. The first-order chi connectivity index (χ1) is 15.4. The molecule has 5 rings (SSSR count). The fourth-order valence-electron chi connectivity index (χ4n) is 5.82. The highest BCUT2D eigenvalue weighted by Crippen LogP contribution is 2.56. The molecule has 2 aliphatic carbocycles. The first-order valence-electron chi connectivity index (χ1n) is 11.5. The van der Waals surface area contributed by atoms with E-state index >= 15 is 0 Å². The minimum Gasteiger partial charge on any atom is -0.396 e. The lowest BCUT2D eigenvalue weighted by molar-refractivity contribution is -0.130. The summed E-state index contributed by atoms with van der Waals surface area (Å²) in [6.45, 7) is 7.06. The molecule has 3 aliphatic rings. The van der Waals surface area contributed by atoms with Gasteiger partial charge in [-0.2, -0.15) is 0 Å². The lowest BCUT2D eigenvalue weighted by atomic mass is 9.55. The van der Waals surface area contributed by atoms with Gasteiger partial charge in [0.05, 0.1) is 30.6 Å². The molecule has 0 amide bonds. The lowest BCUT2D eigenvalue weighted by Crippen LogP contribution is -2.52. The summed E-state index contributed by atoms with van der Waals surface area (Å²) in [6.07, 6.45) is 9.53. The summed E-state index contributed by atoms with van der Waals surface area (Å²) in [4.78, 5) is 4.16. The topological polar surface area (TPSA) is 54.9 Å². The SMILES string of the molecule is C=Cc1ccc(-c2cccc(F)c2)cn1.CO[C@@H]1CCC2CC3(CCC2[C@]1(C)CO)CO3. The van der Waals surface area contributed by atoms with Crippen LogP contribution in [0.4, 0.5) is 4.39 Å². The lowest BCUT2D eigenvalue weighted by Gasteiger charge is -2.52. The zero-order valence-corrected chi connectivity index (χ0v) is 19.1. The van der Waals surface area contributed by atoms with Gasteiger partial charge in [-0.25, -0.2) is 4.39 Å². The molecule has 2 aromatic rings. The van der Waals surface area contributed by atoms with Crippen molar-refractivity contribution in [1.29, 1.82) is 0 Å². The van der Waals surface area contributed by atoms with Crippen LogP contribution in [0.15, 0.2) is 49.2 Å². The van der Waals surface area contributed by atoms with Crippen LogP contribution in [0.25, 0.3) is 17.2 Å². The molecule has 5 atom stereocenters. The molecule has 1 N–H and O–H groups in total. The molecule has 1 aliphatic heterocycles. The van der Waals surface area contributed by atoms with Crippen molar-refractivity contribution in [1.82, 2.24) is 4.98 Å². The molecule has 1 aromatic heterocycles. The van der Waals surface area contributed by atoms with E-state index in [0.29, 0.717) is 5.92 Å². The molecular weight excluding hydrogens is 405 g/mol. The Morgan fingerprint density at radius 3 is 2.66 bits per heavy atom. The average Bonchev–Trinajstić information content (AvgIpc) is 3.58. The van der Waals surface area contributed by atoms with Gasteiger partial charge in [0.15, 0.2) is 0 Å². The Hall–Kier alpha value is -2.08. The quantitative estimate of drug-likeness (QED) is 0.638. The van der Waals surface area contributed by atoms with Crippen molar-refractivity contribution in [3.63, 3.8) is 0 Å². The van der Waals surface area contributed by atoms with Crippen LogP contribution < -0.4 is 0 Å². The number of aromatic nitrogens is 1. The van der Waals surface area contributed by atoms with E-state index in [9.17, 15) is 9.50 Å². The van der Waals surface area contributed by atoms with E-state index in [1.807, 2.05) is 18.2 Å². The number of aliphatic hydroxyl groups excluding tert-OH is 1. The summed E-state index contributed by atoms with van der Waals surface area (Å²) >= 11 is 0. The highest BCUT2D eigenvalue weighted by molar-refractivity contribution is 5.63. The molecular formula is C27H34FNO3. The summed E-state index contributed by atoms with van der Waals surface area (Å²) in [5.74, 6) is 1.11. The molecule has 172 valence electrons. The Morgan fingerprint density at radius 2 is 2.06 bits per heavy atom. The molecule has 4 nitrogen and oxygen atoms in total. The number of hydrogen-bond donors (Lipinski definition) is 1. The third kappa shape index (κ3) is 4.66. The fourth-order valence-corrected chi connectivity index (χ4v) is 5.82. The summed E-state index contributed by atoms with van der Waals surface area (Å²) in [7, 11) is 1.78. The Balaban J connectivity index is 0.000000155. The van der Waals surface area contributed by atoms with E-state index < -0.39 is 0 Å². The van der Waals surface area contributed by atoms with Gasteiger partial charge in [0.25, 0.3) is 0 Å². The molecule has 3 unspecified atom stereocenters. The fraction of sp³-hybridized carbons (Fsp3) is 0.519.